The average molecular weight is 408 g/mol. The summed E-state index contributed by atoms with van der Waals surface area (Å²) in [4.78, 5) is 38.6. The Labute approximate surface area is 170 Å². The summed E-state index contributed by atoms with van der Waals surface area (Å²) in [5.41, 5.74) is 2.65. The first-order chi connectivity index (χ1) is 14.2. The summed E-state index contributed by atoms with van der Waals surface area (Å²) in [5, 5.41) is 8.68. The quantitative estimate of drug-likeness (QED) is 0.333. The molecule has 0 unspecified atom stereocenters. The molecule has 0 spiro atoms. The highest BCUT2D eigenvalue weighted by Crippen LogP contribution is 2.11. The van der Waals surface area contributed by atoms with Crippen LogP contribution >= 0.6 is 11.3 Å². The van der Waals surface area contributed by atoms with Crippen LogP contribution in [-0.4, -0.2) is 32.4 Å². The van der Waals surface area contributed by atoms with Gasteiger partial charge in [-0.3, -0.25) is 9.59 Å². The van der Waals surface area contributed by atoms with Gasteiger partial charge < -0.3 is 20.6 Å². The SMILES string of the molecule is O=C(NCc1ccc[nH]c1=O)c1csc(CCNCc2nc3ccccc3[nH]2)n1. The number of nitrogens with one attached hydrogen (secondary N) is 4. The van der Waals surface area contributed by atoms with E-state index in [1.807, 2.05) is 24.3 Å². The number of aromatic nitrogens is 4. The predicted molar refractivity (Wildman–Crippen MR) is 112 cm³/mol. The molecule has 0 aliphatic carbocycles. The van der Waals surface area contributed by atoms with Crippen LogP contribution in [0.1, 0.15) is 26.9 Å². The van der Waals surface area contributed by atoms with Gasteiger partial charge in [0.1, 0.15) is 11.5 Å². The molecule has 0 radical (unpaired) electrons. The number of fused-ring (bicyclic) bond motifs is 1. The minimum Gasteiger partial charge on any atom is -0.346 e. The molecule has 0 saturated carbocycles. The number of thiazole rings is 1. The summed E-state index contributed by atoms with van der Waals surface area (Å²) in [6.07, 6.45) is 2.28. The van der Waals surface area contributed by atoms with Gasteiger partial charge in [0.2, 0.25) is 0 Å². The number of carbonyl (C=O) groups is 1. The van der Waals surface area contributed by atoms with Gasteiger partial charge in [-0.05, 0) is 18.2 Å². The number of amides is 1. The molecule has 4 N–H and O–H groups in total. The van der Waals surface area contributed by atoms with Crippen molar-refractivity contribution in [3.63, 3.8) is 0 Å². The zero-order valence-corrected chi connectivity index (χ0v) is 16.4. The number of hydrogen-bond donors (Lipinski definition) is 4. The highest BCUT2D eigenvalue weighted by molar-refractivity contribution is 7.09. The maximum Gasteiger partial charge on any atom is 0.271 e. The lowest BCUT2D eigenvalue weighted by Gasteiger charge is -2.02. The maximum absolute atomic E-state index is 12.2. The maximum atomic E-state index is 12.2. The third-order valence-corrected chi connectivity index (χ3v) is 5.28. The topological polar surface area (TPSA) is 116 Å². The van der Waals surface area contributed by atoms with Crippen LogP contribution in [0.15, 0.2) is 52.8 Å². The number of para-hydroxylation sites is 2. The molecular formula is C20H20N6O2S. The molecule has 0 atom stereocenters. The van der Waals surface area contributed by atoms with Gasteiger partial charge in [0.15, 0.2) is 0 Å². The lowest BCUT2D eigenvalue weighted by atomic mass is 10.3. The van der Waals surface area contributed by atoms with E-state index in [0.29, 0.717) is 17.8 Å². The Hall–Kier alpha value is -3.30. The van der Waals surface area contributed by atoms with Gasteiger partial charge in [0.05, 0.1) is 22.6 Å². The third-order valence-electron chi connectivity index (χ3n) is 4.37. The Bertz CT molecular complexity index is 1150. The Kier molecular flexibility index (Phi) is 5.78. The lowest BCUT2D eigenvalue weighted by Crippen LogP contribution is -2.26. The third kappa shape index (κ3) is 4.76. The number of pyridine rings is 1. The molecule has 0 bridgehead atoms. The molecule has 4 rings (SSSR count). The Morgan fingerprint density at radius 1 is 1.10 bits per heavy atom. The molecule has 1 aromatic carbocycles. The molecule has 4 aromatic rings. The van der Waals surface area contributed by atoms with Gasteiger partial charge in [-0.1, -0.05) is 18.2 Å². The number of nitrogens with zero attached hydrogens (tertiary/aromatic N) is 2. The zero-order chi connectivity index (χ0) is 20.1. The number of benzene rings is 1. The molecule has 29 heavy (non-hydrogen) atoms. The summed E-state index contributed by atoms with van der Waals surface area (Å²) >= 11 is 1.45. The van der Waals surface area contributed by atoms with E-state index in [-0.39, 0.29) is 18.0 Å². The largest absolute Gasteiger partial charge is 0.346 e. The van der Waals surface area contributed by atoms with E-state index in [0.717, 1.165) is 34.8 Å². The summed E-state index contributed by atoms with van der Waals surface area (Å²) < 4.78 is 0. The van der Waals surface area contributed by atoms with Crippen LogP contribution in [0.5, 0.6) is 0 Å². The summed E-state index contributed by atoms with van der Waals surface area (Å²) in [7, 11) is 0. The van der Waals surface area contributed by atoms with E-state index in [1.54, 1.807) is 23.7 Å². The van der Waals surface area contributed by atoms with E-state index >= 15 is 0 Å². The van der Waals surface area contributed by atoms with Gasteiger partial charge in [0, 0.05) is 36.7 Å². The Morgan fingerprint density at radius 2 is 2.00 bits per heavy atom. The van der Waals surface area contributed by atoms with E-state index in [4.69, 9.17) is 0 Å². The number of aromatic amines is 2. The zero-order valence-electron chi connectivity index (χ0n) is 15.6. The van der Waals surface area contributed by atoms with Crippen molar-refractivity contribution < 1.29 is 4.79 Å². The van der Waals surface area contributed by atoms with Crippen molar-refractivity contribution in [2.24, 2.45) is 0 Å². The standard InChI is InChI=1S/C20H20N6O2S/c27-19-13(4-3-8-22-19)10-23-20(28)16-12-29-18(26-16)7-9-21-11-17-24-14-5-1-2-6-15(14)25-17/h1-6,8,12,21H,7,9-11H2,(H,22,27)(H,23,28)(H,24,25). The van der Waals surface area contributed by atoms with Crippen LogP contribution in [0.25, 0.3) is 11.0 Å². The fourth-order valence-electron chi connectivity index (χ4n) is 2.88. The van der Waals surface area contributed by atoms with Crippen LogP contribution < -0.4 is 16.2 Å². The van der Waals surface area contributed by atoms with Gasteiger partial charge >= 0.3 is 0 Å². The van der Waals surface area contributed by atoms with Crippen molar-refractivity contribution in [3.8, 4) is 0 Å². The number of imidazole rings is 1. The van der Waals surface area contributed by atoms with Crippen LogP contribution in [0.4, 0.5) is 0 Å². The van der Waals surface area contributed by atoms with Crippen LogP contribution in [0, 0.1) is 0 Å². The monoisotopic (exact) mass is 408 g/mol. The highest BCUT2D eigenvalue weighted by Gasteiger charge is 2.11. The second-order valence-electron chi connectivity index (χ2n) is 6.46. The van der Waals surface area contributed by atoms with Gasteiger partial charge in [-0.25, -0.2) is 9.97 Å². The molecular weight excluding hydrogens is 388 g/mol. The molecule has 0 aliphatic rings. The first-order valence-electron chi connectivity index (χ1n) is 9.22. The van der Waals surface area contributed by atoms with Crippen molar-refractivity contribution >= 4 is 28.3 Å². The summed E-state index contributed by atoms with van der Waals surface area (Å²) in [6, 6.07) is 11.3. The van der Waals surface area contributed by atoms with E-state index < -0.39 is 0 Å². The van der Waals surface area contributed by atoms with Gasteiger partial charge in [0.25, 0.3) is 11.5 Å². The molecule has 0 saturated heterocycles. The van der Waals surface area contributed by atoms with Crippen LogP contribution in [0.3, 0.4) is 0 Å². The number of H-pyrrole nitrogens is 2. The molecule has 148 valence electrons. The Morgan fingerprint density at radius 3 is 2.86 bits per heavy atom. The normalized spacial score (nSPS) is 11.0. The second kappa shape index (κ2) is 8.80. The van der Waals surface area contributed by atoms with Crippen molar-refractivity contribution in [1.29, 1.82) is 0 Å². The minimum atomic E-state index is -0.286. The van der Waals surface area contributed by atoms with E-state index in [1.165, 1.54) is 11.3 Å². The average Bonchev–Trinajstić information content (AvgIpc) is 3.37. The summed E-state index contributed by atoms with van der Waals surface area (Å²) in [5.74, 6) is 0.604. The second-order valence-corrected chi connectivity index (χ2v) is 7.40. The molecule has 3 aromatic heterocycles. The number of rotatable bonds is 8. The first kappa shape index (κ1) is 19.0. The van der Waals surface area contributed by atoms with Crippen molar-refractivity contribution in [1.82, 2.24) is 30.6 Å². The van der Waals surface area contributed by atoms with E-state index in [2.05, 4.69) is 30.6 Å². The molecule has 1 amide bonds. The van der Waals surface area contributed by atoms with Crippen molar-refractivity contribution in [3.05, 3.63) is 80.4 Å². The molecule has 9 heteroatoms. The smallest absolute Gasteiger partial charge is 0.271 e. The fraction of sp³-hybridized carbons (Fsp3) is 0.200. The lowest BCUT2D eigenvalue weighted by molar-refractivity contribution is 0.0946. The number of carbonyl (C=O) groups excluding carboxylic acids is 1. The predicted octanol–water partition coefficient (Wildman–Crippen LogP) is 1.97. The van der Waals surface area contributed by atoms with Gasteiger partial charge in [-0.15, -0.1) is 11.3 Å². The van der Waals surface area contributed by atoms with Crippen LogP contribution in [-0.2, 0) is 19.5 Å². The molecule has 8 nitrogen and oxygen atoms in total. The molecule has 3 heterocycles. The van der Waals surface area contributed by atoms with Crippen LogP contribution in [0.2, 0.25) is 0 Å². The van der Waals surface area contributed by atoms with Crippen molar-refractivity contribution in [2.75, 3.05) is 6.54 Å². The highest BCUT2D eigenvalue weighted by atomic mass is 32.1. The first-order valence-corrected chi connectivity index (χ1v) is 10.1. The molecule has 0 aliphatic heterocycles. The number of hydrogen-bond acceptors (Lipinski definition) is 6. The van der Waals surface area contributed by atoms with Gasteiger partial charge in [-0.2, -0.15) is 0 Å². The minimum absolute atomic E-state index is 0.168. The van der Waals surface area contributed by atoms with E-state index in [9.17, 15) is 9.59 Å². The van der Waals surface area contributed by atoms with Crippen molar-refractivity contribution in [2.45, 2.75) is 19.5 Å². The Balaban J connectivity index is 1.24. The summed E-state index contributed by atoms with van der Waals surface area (Å²) in [6.45, 7) is 1.53. The molecule has 0 fully saturated rings. The fourth-order valence-corrected chi connectivity index (χ4v) is 3.66.